The molecule has 0 radical (unpaired) electrons. The Morgan fingerprint density at radius 1 is 1.04 bits per heavy atom. The summed E-state index contributed by atoms with van der Waals surface area (Å²) in [6.45, 7) is 1.30. The lowest BCUT2D eigenvalue weighted by Crippen LogP contribution is -2.41. The van der Waals surface area contributed by atoms with Gasteiger partial charge in [0.1, 0.15) is 6.54 Å². The van der Waals surface area contributed by atoms with Crippen LogP contribution in [0.5, 0.6) is 0 Å². The van der Waals surface area contributed by atoms with Gasteiger partial charge in [-0.25, -0.2) is 4.68 Å². The Kier molecular flexibility index (Phi) is 5.76. The highest BCUT2D eigenvalue weighted by Crippen LogP contribution is 2.07. The molecular formula is C20H22N4O2. The van der Waals surface area contributed by atoms with Crippen molar-refractivity contribution >= 4 is 16.7 Å². The zero-order chi connectivity index (χ0) is 18.4. The maximum absolute atomic E-state index is 12.7. The normalized spacial score (nSPS) is 10.8. The van der Waals surface area contributed by atoms with Gasteiger partial charge in [-0.15, -0.1) is 0 Å². The Hall–Kier alpha value is -2.99. The molecule has 6 nitrogen and oxygen atoms in total. The summed E-state index contributed by atoms with van der Waals surface area (Å²) in [6, 6.07) is 17.2. The first-order chi connectivity index (χ1) is 12.7. The first-order valence-electron chi connectivity index (χ1n) is 8.65. The minimum Gasteiger partial charge on any atom is -0.339 e. The third-order valence-corrected chi connectivity index (χ3v) is 4.31. The number of nitrogens with two attached hydrogens (primary N) is 1. The van der Waals surface area contributed by atoms with Crippen molar-refractivity contribution in [1.29, 1.82) is 0 Å². The van der Waals surface area contributed by atoms with Crippen LogP contribution in [0.2, 0.25) is 0 Å². The Morgan fingerprint density at radius 2 is 1.77 bits per heavy atom. The quantitative estimate of drug-likeness (QED) is 0.699. The number of carbonyl (C=O) groups excluding carboxylic acids is 1. The van der Waals surface area contributed by atoms with E-state index in [0.717, 1.165) is 17.4 Å². The third kappa shape index (κ3) is 4.15. The Bertz CT molecular complexity index is 937. The van der Waals surface area contributed by atoms with Crippen molar-refractivity contribution in [3.8, 4) is 0 Å². The highest BCUT2D eigenvalue weighted by atomic mass is 16.2. The summed E-state index contributed by atoms with van der Waals surface area (Å²) in [6.07, 6.45) is 2.36. The maximum atomic E-state index is 12.7. The number of fused-ring (bicyclic) bond motifs is 1. The molecule has 1 heterocycles. The van der Waals surface area contributed by atoms with Crippen molar-refractivity contribution in [1.82, 2.24) is 14.7 Å². The Labute approximate surface area is 151 Å². The lowest BCUT2D eigenvalue weighted by Gasteiger charge is -2.22. The van der Waals surface area contributed by atoms with Crippen LogP contribution in [0.3, 0.4) is 0 Å². The summed E-state index contributed by atoms with van der Waals surface area (Å²) in [5, 5.41) is 5.46. The first kappa shape index (κ1) is 17.8. The lowest BCUT2D eigenvalue weighted by atomic mass is 10.1. The maximum Gasteiger partial charge on any atom is 0.275 e. The second-order valence-electron chi connectivity index (χ2n) is 6.10. The van der Waals surface area contributed by atoms with Crippen LogP contribution in [0, 0.1) is 0 Å². The van der Waals surface area contributed by atoms with E-state index in [0.29, 0.717) is 25.0 Å². The molecular weight excluding hydrogens is 328 g/mol. The molecule has 2 aromatic carbocycles. The molecule has 1 amide bonds. The first-order valence-corrected chi connectivity index (χ1v) is 8.65. The van der Waals surface area contributed by atoms with Crippen LogP contribution in [-0.2, 0) is 17.8 Å². The van der Waals surface area contributed by atoms with Crippen LogP contribution < -0.4 is 11.3 Å². The Balaban J connectivity index is 1.73. The lowest BCUT2D eigenvalue weighted by molar-refractivity contribution is -0.132. The van der Waals surface area contributed by atoms with Crippen LogP contribution in [0.4, 0.5) is 0 Å². The van der Waals surface area contributed by atoms with E-state index in [1.807, 2.05) is 42.5 Å². The van der Waals surface area contributed by atoms with Crippen molar-refractivity contribution in [3.63, 3.8) is 0 Å². The van der Waals surface area contributed by atoms with E-state index >= 15 is 0 Å². The topological polar surface area (TPSA) is 81.2 Å². The molecule has 6 heteroatoms. The number of nitrogens with zero attached hydrogens (tertiary/aromatic N) is 3. The van der Waals surface area contributed by atoms with Crippen molar-refractivity contribution in [3.05, 3.63) is 76.7 Å². The smallest absolute Gasteiger partial charge is 0.275 e. The molecule has 3 rings (SSSR count). The average Bonchev–Trinajstić information content (AvgIpc) is 2.68. The van der Waals surface area contributed by atoms with Gasteiger partial charge in [-0.3, -0.25) is 9.59 Å². The molecule has 0 saturated carbocycles. The zero-order valence-electron chi connectivity index (χ0n) is 14.5. The Morgan fingerprint density at radius 3 is 2.54 bits per heavy atom. The highest BCUT2D eigenvalue weighted by molar-refractivity contribution is 5.81. The molecule has 0 fully saturated rings. The van der Waals surface area contributed by atoms with Crippen LogP contribution >= 0.6 is 0 Å². The molecule has 1 aromatic heterocycles. The zero-order valence-corrected chi connectivity index (χ0v) is 14.5. The second-order valence-corrected chi connectivity index (χ2v) is 6.10. The molecule has 0 aliphatic heterocycles. The second kappa shape index (κ2) is 8.40. The SMILES string of the molecule is NCCN(CCc1ccccc1)C(=O)Cn1ncc2ccccc2c1=O. The van der Waals surface area contributed by atoms with E-state index in [9.17, 15) is 9.59 Å². The molecule has 0 atom stereocenters. The van der Waals surface area contributed by atoms with Crippen molar-refractivity contribution in [2.75, 3.05) is 19.6 Å². The fraction of sp³-hybridized carbons (Fsp3) is 0.250. The standard InChI is InChI=1S/C20H22N4O2/c21-11-13-23(12-10-16-6-2-1-3-7-16)19(25)15-24-20(26)18-9-5-4-8-17(18)14-22-24/h1-9,14H,10-13,15,21H2. The van der Waals surface area contributed by atoms with Gasteiger partial charge in [0.25, 0.3) is 5.56 Å². The summed E-state index contributed by atoms with van der Waals surface area (Å²) in [5.41, 5.74) is 6.55. The molecule has 2 N–H and O–H groups in total. The van der Waals surface area contributed by atoms with E-state index in [-0.39, 0.29) is 18.0 Å². The van der Waals surface area contributed by atoms with Crippen LogP contribution in [-0.4, -0.2) is 40.2 Å². The number of hydrogen-bond acceptors (Lipinski definition) is 4. The average molecular weight is 350 g/mol. The van der Waals surface area contributed by atoms with E-state index in [4.69, 9.17) is 5.73 Å². The van der Waals surface area contributed by atoms with Gasteiger partial charge in [0, 0.05) is 25.0 Å². The van der Waals surface area contributed by atoms with Crippen molar-refractivity contribution < 1.29 is 4.79 Å². The fourth-order valence-electron chi connectivity index (χ4n) is 2.89. The summed E-state index contributed by atoms with van der Waals surface area (Å²) < 4.78 is 1.22. The summed E-state index contributed by atoms with van der Waals surface area (Å²) in [4.78, 5) is 26.9. The number of aromatic nitrogens is 2. The molecule has 134 valence electrons. The van der Waals surface area contributed by atoms with Crippen LogP contribution in [0.25, 0.3) is 10.8 Å². The molecule has 0 unspecified atom stereocenters. The molecule has 0 bridgehead atoms. The number of carbonyl (C=O) groups is 1. The predicted molar refractivity (Wildman–Crippen MR) is 102 cm³/mol. The summed E-state index contributed by atoms with van der Waals surface area (Å²) in [7, 11) is 0. The number of hydrogen-bond donors (Lipinski definition) is 1. The minimum absolute atomic E-state index is 0.0849. The van der Waals surface area contributed by atoms with Gasteiger partial charge in [-0.05, 0) is 18.1 Å². The monoisotopic (exact) mass is 350 g/mol. The van der Waals surface area contributed by atoms with Crippen molar-refractivity contribution in [2.24, 2.45) is 5.73 Å². The minimum atomic E-state index is -0.257. The molecule has 0 saturated heterocycles. The highest BCUT2D eigenvalue weighted by Gasteiger charge is 2.15. The largest absolute Gasteiger partial charge is 0.339 e. The molecule has 3 aromatic rings. The molecule has 0 aliphatic rings. The molecule has 26 heavy (non-hydrogen) atoms. The molecule has 0 aliphatic carbocycles. The fourth-order valence-corrected chi connectivity index (χ4v) is 2.89. The van der Waals surface area contributed by atoms with Gasteiger partial charge in [-0.1, -0.05) is 48.5 Å². The van der Waals surface area contributed by atoms with E-state index in [1.54, 1.807) is 23.2 Å². The number of amides is 1. The molecule has 0 spiro atoms. The van der Waals surface area contributed by atoms with Crippen LogP contribution in [0.1, 0.15) is 5.56 Å². The van der Waals surface area contributed by atoms with Gasteiger partial charge in [0.05, 0.1) is 11.6 Å². The number of benzene rings is 2. The van der Waals surface area contributed by atoms with Gasteiger partial charge in [0.2, 0.25) is 5.91 Å². The van der Waals surface area contributed by atoms with Gasteiger partial charge < -0.3 is 10.6 Å². The van der Waals surface area contributed by atoms with Gasteiger partial charge in [-0.2, -0.15) is 5.10 Å². The van der Waals surface area contributed by atoms with E-state index in [1.165, 1.54) is 4.68 Å². The predicted octanol–water partition coefficient (Wildman–Crippen LogP) is 1.43. The summed E-state index contributed by atoms with van der Waals surface area (Å²) >= 11 is 0. The van der Waals surface area contributed by atoms with Crippen molar-refractivity contribution in [2.45, 2.75) is 13.0 Å². The van der Waals surface area contributed by atoms with E-state index in [2.05, 4.69) is 5.10 Å². The third-order valence-electron chi connectivity index (χ3n) is 4.31. The van der Waals surface area contributed by atoms with Crippen LogP contribution in [0.15, 0.2) is 65.6 Å². The van der Waals surface area contributed by atoms with E-state index < -0.39 is 0 Å². The summed E-state index contributed by atoms with van der Waals surface area (Å²) in [5.74, 6) is -0.156. The van der Waals surface area contributed by atoms with Gasteiger partial charge >= 0.3 is 0 Å². The number of rotatable bonds is 7. The van der Waals surface area contributed by atoms with Gasteiger partial charge in [0.15, 0.2) is 0 Å².